The molecule has 6 atom stereocenters. The van der Waals surface area contributed by atoms with E-state index in [9.17, 15) is 19.5 Å². The number of phenolic OH excluding ortho intramolecular Hbond substituents is 1. The summed E-state index contributed by atoms with van der Waals surface area (Å²) in [6.45, 7) is 5.22. The standard InChI is InChI=1S/C31H41NO5/c1-30-16-13-23(34)19-21(30)5-8-24-25-9-10-27(31(25,2)17-14-26(24)30)37-29(36)12-11-28(35)32-18-15-20-3-6-22(33)7-4-20/h3-4,6-7,19,24-27,33H,5,8-18H2,1-2H3,(H,32,35)/t24-,25-,26-,27-,30+,31-/m1/s1. The molecule has 4 aliphatic rings. The van der Waals surface area contributed by atoms with E-state index in [0.717, 1.165) is 50.5 Å². The van der Waals surface area contributed by atoms with Crippen molar-refractivity contribution in [2.24, 2.45) is 28.6 Å². The molecule has 5 rings (SSSR count). The number of ketones is 1. The average molecular weight is 508 g/mol. The predicted octanol–water partition coefficient (Wildman–Crippen LogP) is 5.27. The minimum Gasteiger partial charge on any atom is -0.508 e. The minimum absolute atomic E-state index is 0.00523. The summed E-state index contributed by atoms with van der Waals surface area (Å²) >= 11 is 0. The van der Waals surface area contributed by atoms with Crippen LogP contribution >= 0.6 is 0 Å². The Hall–Kier alpha value is -2.63. The van der Waals surface area contributed by atoms with Crippen LogP contribution in [0.3, 0.4) is 0 Å². The Morgan fingerprint density at radius 2 is 1.78 bits per heavy atom. The Morgan fingerprint density at radius 1 is 1.00 bits per heavy atom. The van der Waals surface area contributed by atoms with E-state index >= 15 is 0 Å². The molecule has 0 radical (unpaired) electrons. The number of ether oxygens (including phenoxy) is 1. The molecule has 2 N–H and O–H groups in total. The smallest absolute Gasteiger partial charge is 0.306 e. The maximum absolute atomic E-state index is 12.7. The van der Waals surface area contributed by atoms with Crippen LogP contribution in [0.1, 0.15) is 83.6 Å². The maximum atomic E-state index is 12.7. The number of nitrogens with one attached hydrogen (secondary N) is 1. The number of aromatic hydroxyl groups is 1. The van der Waals surface area contributed by atoms with Crippen LogP contribution in [-0.4, -0.2) is 35.4 Å². The number of esters is 1. The predicted molar refractivity (Wildman–Crippen MR) is 141 cm³/mol. The molecule has 37 heavy (non-hydrogen) atoms. The van der Waals surface area contributed by atoms with Gasteiger partial charge in [-0.1, -0.05) is 31.6 Å². The first-order chi connectivity index (χ1) is 17.7. The van der Waals surface area contributed by atoms with Crippen molar-refractivity contribution < 1.29 is 24.2 Å². The van der Waals surface area contributed by atoms with Crippen LogP contribution in [0.2, 0.25) is 0 Å². The zero-order chi connectivity index (χ0) is 26.2. The van der Waals surface area contributed by atoms with Crippen molar-refractivity contribution in [3.63, 3.8) is 0 Å². The molecule has 1 amide bonds. The molecule has 0 unspecified atom stereocenters. The van der Waals surface area contributed by atoms with Gasteiger partial charge in [-0.25, -0.2) is 0 Å². The molecule has 3 saturated carbocycles. The molecular weight excluding hydrogens is 466 g/mol. The summed E-state index contributed by atoms with van der Waals surface area (Å²) < 4.78 is 6.05. The highest BCUT2D eigenvalue weighted by Crippen LogP contribution is 2.65. The van der Waals surface area contributed by atoms with Gasteiger partial charge in [-0.3, -0.25) is 14.4 Å². The molecule has 6 heteroatoms. The SMILES string of the molecule is C[C@@]12CC[C@@H]3[C@H](CCC4=CC(=O)CC[C@@]43C)[C@H]1CC[C@H]2OC(=O)CCC(=O)NCCc1ccc(O)cc1. The normalized spacial score (nSPS) is 34.5. The van der Waals surface area contributed by atoms with E-state index in [1.807, 2.05) is 18.2 Å². The lowest BCUT2D eigenvalue weighted by atomic mass is 9.47. The Labute approximate surface area is 220 Å². The van der Waals surface area contributed by atoms with Gasteiger partial charge in [0.1, 0.15) is 11.9 Å². The fourth-order valence-electron chi connectivity index (χ4n) is 8.24. The van der Waals surface area contributed by atoms with Crippen molar-refractivity contribution in [1.82, 2.24) is 5.32 Å². The van der Waals surface area contributed by atoms with Crippen LogP contribution in [0, 0.1) is 28.6 Å². The second kappa shape index (κ2) is 10.3. The second-order valence-corrected chi connectivity index (χ2v) is 12.3. The number of hydrogen-bond donors (Lipinski definition) is 2. The molecule has 0 bridgehead atoms. The third-order valence-corrected chi connectivity index (χ3v) is 10.4. The van der Waals surface area contributed by atoms with Crippen LogP contribution in [0.4, 0.5) is 0 Å². The van der Waals surface area contributed by atoms with Gasteiger partial charge in [0.25, 0.3) is 0 Å². The van der Waals surface area contributed by atoms with Gasteiger partial charge in [-0.15, -0.1) is 0 Å². The lowest BCUT2D eigenvalue weighted by molar-refractivity contribution is -0.160. The topological polar surface area (TPSA) is 92.7 Å². The molecule has 3 fully saturated rings. The van der Waals surface area contributed by atoms with Crippen molar-refractivity contribution in [1.29, 1.82) is 0 Å². The number of allylic oxidation sites excluding steroid dienone is 1. The van der Waals surface area contributed by atoms with E-state index in [2.05, 4.69) is 19.2 Å². The van der Waals surface area contributed by atoms with Gasteiger partial charge in [-0.2, -0.15) is 0 Å². The molecule has 0 saturated heterocycles. The highest BCUT2D eigenvalue weighted by molar-refractivity contribution is 5.91. The Kier molecular flexibility index (Phi) is 7.21. The summed E-state index contributed by atoms with van der Waals surface area (Å²) in [4.78, 5) is 37.1. The summed E-state index contributed by atoms with van der Waals surface area (Å²) in [6, 6.07) is 6.94. The lowest BCUT2D eigenvalue weighted by Crippen LogP contribution is -2.51. The van der Waals surface area contributed by atoms with Crippen molar-refractivity contribution >= 4 is 17.7 Å². The van der Waals surface area contributed by atoms with E-state index in [4.69, 9.17) is 4.74 Å². The van der Waals surface area contributed by atoms with Gasteiger partial charge in [0.15, 0.2) is 5.78 Å². The largest absolute Gasteiger partial charge is 0.508 e. The summed E-state index contributed by atoms with van der Waals surface area (Å²) in [5.74, 6) is 1.93. The summed E-state index contributed by atoms with van der Waals surface area (Å²) in [7, 11) is 0. The molecule has 0 heterocycles. The van der Waals surface area contributed by atoms with Crippen molar-refractivity contribution in [2.45, 2.75) is 90.6 Å². The first-order valence-electron chi connectivity index (χ1n) is 14.2. The number of amides is 1. The van der Waals surface area contributed by atoms with Gasteiger partial charge in [0.05, 0.1) is 6.42 Å². The first kappa shape index (κ1) is 26.0. The quantitative estimate of drug-likeness (QED) is 0.490. The van der Waals surface area contributed by atoms with Gasteiger partial charge < -0.3 is 15.2 Å². The van der Waals surface area contributed by atoms with Crippen molar-refractivity contribution in [3.8, 4) is 5.75 Å². The Morgan fingerprint density at radius 3 is 2.57 bits per heavy atom. The second-order valence-electron chi connectivity index (χ2n) is 12.3. The molecule has 1 aromatic rings. The fraction of sp³-hybridized carbons (Fsp3) is 0.645. The molecule has 4 aliphatic carbocycles. The number of phenols is 1. The number of hydrogen-bond acceptors (Lipinski definition) is 5. The molecule has 0 aromatic heterocycles. The van der Waals surface area contributed by atoms with E-state index in [-0.39, 0.29) is 47.4 Å². The van der Waals surface area contributed by atoms with Crippen LogP contribution < -0.4 is 5.32 Å². The fourth-order valence-corrected chi connectivity index (χ4v) is 8.24. The average Bonchev–Trinajstić information content (AvgIpc) is 3.20. The van der Waals surface area contributed by atoms with Gasteiger partial charge >= 0.3 is 5.97 Å². The molecular formula is C31H41NO5. The van der Waals surface area contributed by atoms with E-state index < -0.39 is 0 Å². The molecule has 1 aromatic carbocycles. The van der Waals surface area contributed by atoms with Gasteiger partial charge in [0.2, 0.25) is 5.91 Å². The third-order valence-electron chi connectivity index (χ3n) is 10.4. The highest BCUT2D eigenvalue weighted by atomic mass is 16.5. The highest BCUT2D eigenvalue weighted by Gasteiger charge is 2.59. The Balaban J connectivity index is 1.11. The van der Waals surface area contributed by atoms with E-state index in [1.54, 1.807) is 12.1 Å². The number of benzene rings is 1. The number of carbonyl (C=O) groups is 3. The number of fused-ring (bicyclic) bond motifs is 5. The van der Waals surface area contributed by atoms with Gasteiger partial charge in [-0.05, 0) is 98.3 Å². The zero-order valence-electron chi connectivity index (χ0n) is 22.3. The Bertz CT molecular complexity index is 1080. The summed E-state index contributed by atoms with van der Waals surface area (Å²) in [5.41, 5.74) is 2.58. The maximum Gasteiger partial charge on any atom is 0.306 e. The molecule has 0 aliphatic heterocycles. The van der Waals surface area contributed by atoms with E-state index in [0.29, 0.717) is 42.9 Å². The third kappa shape index (κ3) is 5.08. The summed E-state index contributed by atoms with van der Waals surface area (Å²) in [6.07, 6.45) is 10.8. The minimum atomic E-state index is -0.269. The van der Waals surface area contributed by atoms with Crippen LogP contribution in [0.15, 0.2) is 35.9 Å². The monoisotopic (exact) mass is 507 g/mol. The molecule has 200 valence electrons. The van der Waals surface area contributed by atoms with Crippen LogP contribution in [-0.2, 0) is 25.5 Å². The van der Waals surface area contributed by atoms with E-state index in [1.165, 1.54) is 5.57 Å². The van der Waals surface area contributed by atoms with Crippen LogP contribution in [0.5, 0.6) is 5.75 Å². The number of rotatable bonds is 7. The summed E-state index contributed by atoms with van der Waals surface area (Å²) in [5, 5.41) is 12.2. The molecule has 0 spiro atoms. The number of carbonyl (C=O) groups excluding carboxylic acids is 3. The van der Waals surface area contributed by atoms with Gasteiger partial charge in [0, 0.05) is 24.8 Å². The molecule has 6 nitrogen and oxygen atoms in total. The van der Waals surface area contributed by atoms with Crippen LogP contribution in [0.25, 0.3) is 0 Å². The first-order valence-corrected chi connectivity index (χ1v) is 14.2. The lowest BCUT2D eigenvalue weighted by Gasteiger charge is -2.57. The van der Waals surface area contributed by atoms with Crippen molar-refractivity contribution in [2.75, 3.05) is 6.54 Å². The van der Waals surface area contributed by atoms with Crippen molar-refractivity contribution in [3.05, 3.63) is 41.5 Å². The zero-order valence-corrected chi connectivity index (χ0v) is 22.3.